The van der Waals surface area contributed by atoms with E-state index in [2.05, 4.69) is 10.3 Å². The van der Waals surface area contributed by atoms with Gasteiger partial charge in [0.05, 0.1) is 12.3 Å². The highest BCUT2D eigenvalue weighted by molar-refractivity contribution is 6.07. The highest BCUT2D eigenvalue weighted by Crippen LogP contribution is 2.30. The second-order valence-corrected chi connectivity index (χ2v) is 4.32. The molecular weight excluding hydrogens is 254 g/mol. The molecule has 1 aromatic rings. The van der Waals surface area contributed by atoms with Gasteiger partial charge in [0.1, 0.15) is 6.04 Å². The molecule has 0 spiro atoms. The Kier molecular flexibility index (Phi) is 3.28. The summed E-state index contributed by atoms with van der Waals surface area (Å²) in [6.07, 6.45) is 0. The molecule has 1 unspecified atom stereocenters. The number of carbonyl (C=O) groups excluding carboxylic acids is 1. The lowest BCUT2D eigenvalue weighted by molar-refractivity contribution is -0.122. The highest BCUT2D eigenvalue weighted by Gasteiger charge is 2.38. The van der Waals surface area contributed by atoms with E-state index < -0.39 is 6.04 Å². The summed E-state index contributed by atoms with van der Waals surface area (Å²) in [5.41, 5.74) is 3.17. The first kappa shape index (κ1) is 12.9. The number of hydrogen-bond acceptors (Lipinski definition) is 4. The van der Waals surface area contributed by atoms with Gasteiger partial charge in [-0.2, -0.15) is 0 Å². The third-order valence-corrected chi connectivity index (χ3v) is 3.30. The first-order chi connectivity index (χ1) is 8.20. The number of fused-ring (bicyclic) bond motifs is 2. The second-order valence-electron chi connectivity index (χ2n) is 4.32. The largest absolute Gasteiger partial charge is 0.394 e. The topological polar surface area (TPSA) is 64.9 Å². The summed E-state index contributed by atoms with van der Waals surface area (Å²) in [7, 11) is 0. The average Bonchev–Trinajstić information content (AvgIpc) is 2.61. The minimum atomic E-state index is -0.512. The van der Waals surface area contributed by atoms with E-state index in [0.717, 1.165) is 16.8 Å². The number of rotatable bonds is 1. The van der Waals surface area contributed by atoms with Crippen LogP contribution < -0.4 is 5.32 Å². The number of aliphatic hydroxyl groups is 1. The van der Waals surface area contributed by atoms with Gasteiger partial charge < -0.3 is 10.0 Å². The van der Waals surface area contributed by atoms with E-state index in [1.54, 1.807) is 0 Å². The molecule has 0 bridgehead atoms. The first-order valence-electron chi connectivity index (χ1n) is 5.56. The van der Waals surface area contributed by atoms with Gasteiger partial charge in [0.25, 0.3) is 5.91 Å². The van der Waals surface area contributed by atoms with Crippen molar-refractivity contribution in [1.82, 2.24) is 10.2 Å². The Bertz CT molecular complexity index is 530. The van der Waals surface area contributed by atoms with Crippen molar-refractivity contribution in [3.05, 3.63) is 29.3 Å². The standard InChI is InChI=1S/C12H13N3O2.ClH/c1-7-3-2-4-9-8(7)5-15-10(6-16)11(17)14-12(15)13-9;/h2-4,10,16H,5-6H2,1H3,(H,13,14,17);1H. The Morgan fingerprint density at radius 2 is 2.33 bits per heavy atom. The molecule has 3 rings (SSSR count). The molecule has 96 valence electrons. The highest BCUT2D eigenvalue weighted by atomic mass is 35.5. The molecular formula is C12H14ClN3O2. The van der Waals surface area contributed by atoms with Gasteiger partial charge in [0.2, 0.25) is 5.96 Å². The van der Waals surface area contributed by atoms with Crippen molar-refractivity contribution in [2.24, 2.45) is 4.99 Å². The van der Waals surface area contributed by atoms with Crippen molar-refractivity contribution in [2.45, 2.75) is 19.5 Å². The number of guanidine groups is 1. The number of nitrogens with zero attached hydrogens (tertiary/aromatic N) is 2. The van der Waals surface area contributed by atoms with E-state index in [1.807, 2.05) is 30.0 Å². The fourth-order valence-electron chi connectivity index (χ4n) is 2.29. The molecule has 0 saturated carbocycles. The van der Waals surface area contributed by atoms with Crippen molar-refractivity contribution in [3.63, 3.8) is 0 Å². The number of aliphatic hydroxyl groups excluding tert-OH is 1. The number of hydrogen-bond donors (Lipinski definition) is 2. The Morgan fingerprint density at radius 3 is 3.06 bits per heavy atom. The number of halogens is 1. The van der Waals surface area contributed by atoms with Crippen LogP contribution in [0.15, 0.2) is 23.2 Å². The zero-order valence-corrected chi connectivity index (χ0v) is 10.7. The maximum atomic E-state index is 11.6. The van der Waals surface area contributed by atoms with Gasteiger partial charge in [-0.05, 0) is 18.6 Å². The molecule has 2 aliphatic heterocycles. The third-order valence-electron chi connectivity index (χ3n) is 3.30. The number of aryl methyl sites for hydroxylation is 1. The average molecular weight is 268 g/mol. The maximum Gasteiger partial charge on any atom is 0.251 e. The fraction of sp³-hybridized carbons (Fsp3) is 0.333. The lowest BCUT2D eigenvalue weighted by Gasteiger charge is -2.27. The Morgan fingerprint density at radius 1 is 1.56 bits per heavy atom. The second kappa shape index (κ2) is 4.59. The minimum Gasteiger partial charge on any atom is -0.394 e. The quantitative estimate of drug-likeness (QED) is 0.788. The maximum absolute atomic E-state index is 11.6. The van der Waals surface area contributed by atoms with Crippen molar-refractivity contribution < 1.29 is 9.90 Å². The number of aliphatic imine (C=N–C) groups is 1. The zero-order valence-electron chi connectivity index (χ0n) is 9.88. The molecule has 6 heteroatoms. The van der Waals surface area contributed by atoms with Crippen LogP contribution in [-0.4, -0.2) is 34.5 Å². The molecule has 0 aromatic heterocycles. The number of carbonyl (C=O) groups is 1. The molecule has 5 nitrogen and oxygen atoms in total. The predicted octanol–water partition coefficient (Wildman–Crippen LogP) is 0.711. The molecule has 18 heavy (non-hydrogen) atoms. The summed E-state index contributed by atoms with van der Waals surface area (Å²) >= 11 is 0. The molecule has 1 aromatic carbocycles. The van der Waals surface area contributed by atoms with Gasteiger partial charge in [-0.3, -0.25) is 10.1 Å². The molecule has 0 radical (unpaired) electrons. The number of amides is 1. The van der Waals surface area contributed by atoms with Crippen LogP contribution in [0.25, 0.3) is 0 Å². The number of nitrogens with one attached hydrogen (secondary N) is 1. The van der Waals surface area contributed by atoms with E-state index in [9.17, 15) is 9.90 Å². The zero-order chi connectivity index (χ0) is 12.0. The minimum absolute atomic E-state index is 0. The van der Waals surface area contributed by atoms with Crippen LogP contribution in [0.5, 0.6) is 0 Å². The molecule has 2 heterocycles. The van der Waals surface area contributed by atoms with Crippen LogP contribution in [0.2, 0.25) is 0 Å². The third kappa shape index (κ3) is 1.76. The van der Waals surface area contributed by atoms with Crippen molar-refractivity contribution in [2.75, 3.05) is 6.61 Å². The normalized spacial score (nSPS) is 20.6. The predicted molar refractivity (Wildman–Crippen MR) is 70.1 cm³/mol. The lowest BCUT2D eigenvalue weighted by Crippen LogP contribution is -2.39. The van der Waals surface area contributed by atoms with Gasteiger partial charge in [-0.25, -0.2) is 4.99 Å². The van der Waals surface area contributed by atoms with E-state index in [4.69, 9.17) is 0 Å². The Labute approximate surface area is 111 Å². The molecule has 1 amide bonds. The fourth-order valence-corrected chi connectivity index (χ4v) is 2.29. The summed E-state index contributed by atoms with van der Waals surface area (Å²) in [5, 5.41) is 11.9. The van der Waals surface area contributed by atoms with Crippen molar-refractivity contribution in [1.29, 1.82) is 0 Å². The van der Waals surface area contributed by atoms with Crippen LogP contribution >= 0.6 is 12.4 Å². The Hall–Kier alpha value is -1.59. The van der Waals surface area contributed by atoms with E-state index in [-0.39, 0.29) is 24.9 Å². The van der Waals surface area contributed by atoms with Crippen molar-refractivity contribution in [3.8, 4) is 0 Å². The van der Waals surface area contributed by atoms with Gasteiger partial charge in [-0.15, -0.1) is 12.4 Å². The number of benzene rings is 1. The molecule has 2 N–H and O–H groups in total. The molecule has 1 saturated heterocycles. The molecule has 1 fully saturated rings. The summed E-state index contributed by atoms with van der Waals surface area (Å²) in [5.74, 6) is 0.365. The van der Waals surface area contributed by atoms with Gasteiger partial charge in [0.15, 0.2) is 0 Å². The van der Waals surface area contributed by atoms with Crippen LogP contribution in [0, 0.1) is 6.92 Å². The van der Waals surface area contributed by atoms with E-state index >= 15 is 0 Å². The SMILES string of the molecule is Cc1cccc2c1CN1C(=N2)NC(=O)C1CO.Cl. The molecule has 0 aliphatic carbocycles. The van der Waals surface area contributed by atoms with Crippen LogP contribution in [0.1, 0.15) is 11.1 Å². The summed E-state index contributed by atoms with van der Waals surface area (Å²) in [6, 6.07) is 5.40. The summed E-state index contributed by atoms with van der Waals surface area (Å²) < 4.78 is 0. The Balaban J connectivity index is 0.00000120. The van der Waals surface area contributed by atoms with Crippen LogP contribution in [0.3, 0.4) is 0 Å². The van der Waals surface area contributed by atoms with Gasteiger partial charge in [-0.1, -0.05) is 12.1 Å². The van der Waals surface area contributed by atoms with Crippen LogP contribution in [-0.2, 0) is 11.3 Å². The first-order valence-corrected chi connectivity index (χ1v) is 5.56. The summed E-state index contributed by atoms with van der Waals surface area (Å²) in [6.45, 7) is 2.45. The smallest absolute Gasteiger partial charge is 0.251 e. The lowest BCUT2D eigenvalue weighted by atomic mass is 10.0. The van der Waals surface area contributed by atoms with Gasteiger partial charge >= 0.3 is 0 Å². The van der Waals surface area contributed by atoms with E-state index in [0.29, 0.717) is 12.5 Å². The van der Waals surface area contributed by atoms with E-state index in [1.165, 1.54) is 0 Å². The molecule has 2 aliphatic rings. The van der Waals surface area contributed by atoms with Crippen molar-refractivity contribution >= 4 is 30.0 Å². The molecule has 1 atom stereocenters. The van der Waals surface area contributed by atoms with Crippen LogP contribution in [0.4, 0.5) is 5.69 Å². The summed E-state index contributed by atoms with van der Waals surface area (Å²) in [4.78, 5) is 17.8. The van der Waals surface area contributed by atoms with Gasteiger partial charge in [0, 0.05) is 12.1 Å². The monoisotopic (exact) mass is 267 g/mol.